The maximum absolute atomic E-state index is 5.92. The molecule has 2 aromatic rings. The van der Waals surface area contributed by atoms with Crippen molar-refractivity contribution < 1.29 is 4.74 Å². The number of hydrogen-bond donors (Lipinski definition) is 0. The Balaban J connectivity index is 2.32. The van der Waals surface area contributed by atoms with Crippen molar-refractivity contribution in [1.29, 1.82) is 0 Å². The van der Waals surface area contributed by atoms with E-state index in [0.717, 1.165) is 10.0 Å². The van der Waals surface area contributed by atoms with Crippen molar-refractivity contribution in [3.63, 3.8) is 0 Å². The minimum atomic E-state index is 0.369. The molecule has 0 aliphatic heterocycles. The SMILES string of the molecule is ClCc1ccc(Cl)cc1Oc1cncc(Br)c1. The van der Waals surface area contributed by atoms with Crippen molar-refractivity contribution in [2.75, 3.05) is 0 Å². The van der Waals surface area contributed by atoms with Gasteiger partial charge in [-0.1, -0.05) is 17.7 Å². The van der Waals surface area contributed by atoms with Gasteiger partial charge in [0, 0.05) is 21.3 Å². The number of nitrogens with zero attached hydrogens (tertiary/aromatic N) is 1. The predicted molar refractivity (Wildman–Crippen MR) is 73.0 cm³/mol. The van der Waals surface area contributed by atoms with Crippen LogP contribution in [0.3, 0.4) is 0 Å². The normalized spacial score (nSPS) is 10.3. The van der Waals surface area contributed by atoms with E-state index in [9.17, 15) is 0 Å². The lowest BCUT2D eigenvalue weighted by molar-refractivity contribution is 0.475. The summed E-state index contributed by atoms with van der Waals surface area (Å²) >= 11 is 15.1. The van der Waals surface area contributed by atoms with E-state index < -0.39 is 0 Å². The van der Waals surface area contributed by atoms with E-state index in [1.165, 1.54) is 0 Å². The summed E-state index contributed by atoms with van der Waals surface area (Å²) in [7, 11) is 0. The number of alkyl halides is 1. The second-order valence-electron chi connectivity index (χ2n) is 3.33. The molecule has 5 heteroatoms. The minimum absolute atomic E-state index is 0.369. The van der Waals surface area contributed by atoms with E-state index in [4.69, 9.17) is 27.9 Å². The first-order chi connectivity index (χ1) is 8.19. The van der Waals surface area contributed by atoms with Crippen LogP contribution in [-0.4, -0.2) is 4.98 Å². The Hall–Kier alpha value is -0.770. The van der Waals surface area contributed by atoms with Crippen molar-refractivity contribution in [1.82, 2.24) is 4.98 Å². The lowest BCUT2D eigenvalue weighted by Gasteiger charge is -2.09. The average molecular weight is 333 g/mol. The van der Waals surface area contributed by atoms with Gasteiger partial charge in [0.15, 0.2) is 0 Å². The molecule has 0 unspecified atom stereocenters. The first-order valence-electron chi connectivity index (χ1n) is 4.82. The van der Waals surface area contributed by atoms with Crippen LogP contribution in [0.1, 0.15) is 5.56 Å². The zero-order chi connectivity index (χ0) is 12.3. The van der Waals surface area contributed by atoms with E-state index >= 15 is 0 Å². The molecule has 88 valence electrons. The molecule has 0 radical (unpaired) electrons. The summed E-state index contributed by atoms with van der Waals surface area (Å²) in [6.07, 6.45) is 3.32. The Labute approximate surface area is 118 Å². The Morgan fingerprint density at radius 2 is 2.06 bits per heavy atom. The topological polar surface area (TPSA) is 22.1 Å². The zero-order valence-corrected chi connectivity index (χ0v) is 11.8. The first-order valence-corrected chi connectivity index (χ1v) is 6.52. The molecule has 0 aliphatic carbocycles. The molecule has 0 atom stereocenters. The summed E-state index contributed by atoms with van der Waals surface area (Å²) in [5, 5.41) is 0.608. The molecule has 2 rings (SSSR count). The van der Waals surface area contributed by atoms with Crippen LogP contribution in [-0.2, 0) is 5.88 Å². The fourth-order valence-corrected chi connectivity index (χ4v) is 2.04. The van der Waals surface area contributed by atoms with Crippen LogP contribution in [0.4, 0.5) is 0 Å². The largest absolute Gasteiger partial charge is 0.455 e. The van der Waals surface area contributed by atoms with Gasteiger partial charge in [0.2, 0.25) is 0 Å². The highest BCUT2D eigenvalue weighted by atomic mass is 79.9. The molecule has 0 saturated heterocycles. The van der Waals surface area contributed by atoms with E-state index in [2.05, 4.69) is 20.9 Å². The summed E-state index contributed by atoms with van der Waals surface area (Å²) in [5.41, 5.74) is 0.885. The Kier molecular flexibility index (Phi) is 4.26. The highest BCUT2D eigenvalue weighted by Crippen LogP contribution is 2.30. The molecule has 0 saturated carbocycles. The third-order valence-electron chi connectivity index (χ3n) is 2.08. The van der Waals surface area contributed by atoms with Crippen molar-refractivity contribution >= 4 is 39.1 Å². The van der Waals surface area contributed by atoms with Crippen molar-refractivity contribution in [3.8, 4) is 11.5 Å². The van der Waals surface area contributed by atoms with Crippen LogP contribution in [0.25, 0.3) is 0 Å². The molecule has 0 N–H and O–H groups in total. The van der Waals surface area contributed by atoms with Gasteiger partial charge >= 0.3 is 0 Å². The van der Waals surface area contributed by atoms with E-state index in [-0.39, 0.29) is 0 Å². The van der Waals surface area contributed by atoms with Crippen molar-refractivity contribution in [2.24, 2.45) is 0 Å². The van der Waals surface area contributed by atoms with Crippen molar-refractivity contribution in [3.05, 3.63) is 51.7 Å². The molecule has 0 amide bonds. The summed E-state index contributed by atoms with van der Waals surface area (Å²) in [6, 6.07) is 7.19. The van der Waals surface area contributed by atoms with E-state index in [0.29, 0.717) is 22.4 Å². The summed E-state index contributed by atoms with van der Waals surface area (Å²) < 4.78 is 6.55. The van der Waals surface area contributed by atoms with Crippen LogP contribution < -0.4 is 4.74 Å². The molecular formula is C12H8BrCl2NO. The molecule has 0 aliphatic rings. The molecule has 1 aromatic carbocycles. The zero-order valence-electron chi connectivity index (χ0n) is 8.66. The maximum Gasteiger partial charge on any atom is 0.146 e. The number of pyridine rings is 1. The number of ether oxygens (including phenoxy) is 1. The smallest absolute Gasteiger partial charge is 0.146 e. The molecule has 1 aromatic heterocycles. The first kappa shape index (κ1) is 12.7. The van der Waals surface area contributed by atoms with Gasteiger partial charge < -0.3 is 4.74 Å². The molecule has 0 fully saturated rings. The van der Waals surface area contributed by atoms with Crippen LogP contribution in [0, 0.1) is 0 Å². The van der Waals surface area contributed by atoms with Gasteiger partial charge in [0.1, 0.15) is 11.5 Å². The standard InChI is InChI=1S/C12H8BrCl2NO/c13-9-3-11(7-16-6-9)17-12-4-10(15)2-1-8(12)5-14/h1-4,6-7H,5H2. The monoisotopic (exact) mass is 331 g/mol. The van der Waals surface area contributed by atoms with Crippen LogP contribution >= 0.6 is 39.1 Å². The Morgan fingerprint density at radius 3 is 2.76 bits per heavy atom. The molecule has 0 bridgehead atoms. The lowest BCUT2D eigenvalue weighted by atomic mass is 10.2. The van der Waals surface area contributed by atoms with Gasteiger partial charge in [-0.05, 0) is 34.1 Å². The fraction of sp³-hybridized carbons (Fsp3) is 0.0833. The molecule has 2 nitrogen and oxygen atoms in total. The number of benzene rings is 1. The summed E-state index contributed by atoms with van der Waals surface area (Å²) in [6.45, 7) is 0. The van der Waals surface area contributed by atoms with E-state index in [1.54, 1.807) is 24.5 Å². The highest BCUT2D eigenvalue weighted by molar-refractivity contribution is 9.10. The molecule has 1 heterocycles. The van der Waals surface area contributed by atoms with Crippen LogP contribution in [0.15, 0.2) is 41.1 Å². The molecular weight excluding hydrogens is 325 g/mol. The van der Waals surface area contributed by atoms with Gasteiger partial charge in [-0.25, -0.2) is 0 Å². The number of hydrogen-bond acceptors (Lipinski definition) is 2. The fourth-order valence-electron chi connectivity index (χ4n) is 1.31. The number of aromatic nitrogens is 1. The minimum Gasteiger partial charge on any atom is -0.455 e. The van der Waals surface area contributed by atoms with E-state index in [1.807, 2.05) is 12.1 Å². The third-order valence-corrected chi connectivity index (χ3v) is 3.04. The van der Waals surface area contributed by atoms with Crippen LogP contribution in [0.5, 0.6) is 11.5 Å². The lowest BCUT2D eigenvalue weighted by Crippen LogP contribution is -1.90. The highest BCUT2D eigenvalue weighted by Gasteiger charge is 2.06. The molecule has 0 spiro atoms. The van der Waals surface area contributed by atoms with Gasteiger partial charge in [0.25, 0.3) is 0 Å². The number of rotatable bonds is 3. The van der Waals surface area contributed by atoms with Gasteiger partial charge in [-0.15, -0.1) is 11.6 Å². The Bertz CT molecular complexity index is 534. The van der Waals surface area contributed by atoms with Gasteiger partial charge in [-0.2, -0.15) is 0 Å². The van der Waals surface area contributed by atoms with Gasteiger partial charge in [0.05, 0.1) is 12.1 Å². The second-order valence-corrected chi connectivity index (χ2v) is 4.95. The van der Waals surface area contributed by atoms with Gasteiger partial charge in [-0.3, -0.25) is 4.98 Å². The number of halogens is 3. The van der Waals surface area contributed by atoms with Crippen molar-refractivity contribution in [2.45, 2.75) is 5.88 Å². The summed E-state index contributed by atoms with van der Waals surface area (Å²) in [5.74, 6) is 1.65. The maximum atomic E-state index is 5.92. The molecule has 17 heavy (non-hydrogen) atoms. The van der Waals surface area contributed by atoms with Crippen LogP contribution in [0.2, 0.25) is 5.02 Å². The third kappa shape index (κ3) is 3.35. The summed E-state index contributed by atoms with van der Waals surface area (Å²) in [4.78, 5) is 4.02. The second kappa shape index (κ2) is 5.71. The Morgan fingerprint density at radius 1 is 1.24 bits per heavy atom. The quantitative estimate of drug-likeness (QED) is 0.735. The average Bonchev–Trinajstić information content (AvgIpc) is 2.29. The predicted octanol–water partition coefficient (Wildman–Crippen LogP) is 5.03.